The second kappa shape index (κ2) is 5.35. The molecule has 0 spiro atoms. The molecule has 0 bridgehead atoms. The Labute approximate surface area is 97.8 Å². The number of thiophene rings is 1. The zero-order chi connectivity index (χ0) is 10.5. The Morgan fingerprint density at radius 1 is 1.07 bits per heavy atom. The molecule has 2 rings (SSSR count). The Bertz CT molecular complexity index is 392. The molecule has 0 aliphatic carbocycles. The summed E-state index contributed by atoms with van der Waals surface area (Å²) in [5.74, 6) is 1.02. The summed E-state index contributed by atoms with van der Waals surface area (Å²) in [6, 6.07) is 10.2. The molecular weight excluding hydrogens is 224 g/mol. The molecule has 0 aliphatic rings. The molecular formula is C12H12OS2. The van der Waals surface area contributed by atoms with Gasteiger partial charge in [0.2, 0.25) is 0 Å². The van der Waals surface area contributed by atoms with E-state index in [4.69, 9.17) is 5.11 Å². The van der Waals surface area contributed by atoms with Gasteiger partial charge < -0.3 is 5.11 Å². The number of hydrogen-bond donors (Lipinski definition) is 1. The number of hydrogen-bond acceptors (Lipinski definition) is 3. The van der Waals surface area contributed by atoms with E-state index in [1.807, 2.05) is 23.9 Å². The van der Waals surface area contributed by atoms with Crippen LogP contribution in [-0.4, -0.2) is 5.11 Å². The molecule has 0 radical (unpaired) electrons. The van der Waals surface area contributed by atoms with Crippen LogP contribution in [0.2, 0.25) is 0 Å². The zero-order valence-electron chi connectivity index (χ0n) is 8.22. The maximum Gasteiger partial charge on any atom is 0.0681 e. The Hall–Kier alpha value is -0.770. The van der Waals surface area contributed by atoms with Gasteiger partial charge in [-0.3, -0.25) is 0 Å². The van der Waals surface area contributed by atoms with E-state index in [-0.39, 0.29) is 6.61 Å². The normalized spacial score (nSPS) is 10.5. The second-order valence-electron chi connectivity index (χ2n) is 3.22. The van der Waals surface area contributed by atoms with Crippen LogP contribution in [0.5, 0.6) is 0 Å². The first-order valence-electron chi connectivity index (χ1n) is 4.72. The van der Waals surface area contributed by atoms with Crippen LogP contribution in [0.3, 0.4) is 0 Å². The van der Waals surface area contributed by atoms with Crippen LogP contribution in [0.15, 0.2) is 46.0 Å². The van der Waals surface area contributed by atoms with Crippen LogP contribution in [0.1, 0.15) is 11.1 Å². The van der Waals surface area contributed by atoms with Gasteiger partial charge in [-0.25, -0.2) is 0 Å². The fourth-order valence-electron chi connectivity index (χ4n) is 1.23. The summed E-state index contributed by atoms with van der Waals surface area (Å²) in [5, 5.41) is 13.2. The lowest BCUT2D eigenvalue weighted by Crippen LogP contribution is -1.82. The van der Waals surface area contributed by atoms with Gasteiger partial charge in [-0.2, -0.15) is 11.3 Å². The highest BCUT2D eigenvalue weighted by molar-refractivity contribution is 7.98. The van der Waals surface area contributed by atoms with Gasteiger partial charge in [0.05, 0.1) is 6.61 Å². The molecule has 0 fully saturated rings. The van der Waals surface area contributed by atoms with Gasteiger partial charge in [0, 0.05) is 10.6 Å². The quantitative estimate of drug-likeness (QED) is 0.819. The fraction of sp³-hybridized carbons (Fsp3) is 0.167. The molecule has 0 aliphatic heterocycles. The topological polar surface area (TPSA) is 20.2 Å². The van der Waals surface area contributed by atoms with Crippen molar-refractivity contribution in [3.63, 3.8) is 0 Å². The van der Waals surface area contributed by atoms with Gasteiger partial charge in [0.15, 0.2) is 0 Å². The van der Waals surface area contributed by atoms with E-state index in [1.54, 1.807) is 11.3 Å². The smallest absolute Gasteiger partial charge is 0.0681 e. The van der Waals surface area contributed by atoms with Crippen LogP contribution in [0, 0.1) is 0 Å². The van der Waals surface area contributed by atoms with Gasteiger partial charge in [-0.15, -0.1) is 11.8 Å². The third-order valence-electron chi connectivity index (χ3n) is 2.09. The van der Waals surface area contributed by atoms with E-state index >= 15 is 0 Å². The molecule has 0 saturated heterocycles. The number of aliphatic hydroxyl groups is 1. The van der Waals surface area contributed by atoms with Gasteiger partial charge in [0.25, 0.3) is 0 Å². The number of aliphatic hydroxyl groups excluding tert-OH is 1. The lowest BCUT2D eigenvalue weighted by Gasteiger charge is -2.01. The van der Waals surface area contributed by atoms with Crippen molar-refractivity contribution < 1.29 is 5.11 Å². The molecule has 2 aromatic rings. The summed E-state index contributed by atoms with van der Waals surface area (Å²) < 4.78 is 0. The first kappa shape index (κ1) is 10.7. The van der Waals surface area contributed by atoms with Gasteiger partial charge in [-0.05, 0) is 40.1 Å². The van der Waals surface area contributed by atoms with Gasteiger partial charge in [0.1, 0.15) is 0 Å². The highest BCUT2D eigenvalue weighted by Crippen LogP contribution is 2.23. The van der Waals surface area contributed by atoms with Crippen molar-refractivity contribution in [2.75, 3.05) is 0 Å². The summed E-state index contributed by atoms with van der Waals surface area (Å²) in [7, 11) is 0. The molecule has 1 nitrogen and oxygen atoms in total. The van der Waals surface area contributed by atoms with Crippen molar-refractivity contribution in [1.29, 1.82) is 0 Å². The Kier molecular flexibility index (Phi) is 3.83. The summed E-state index contributed by atoms with van der Waals surface area (Å²) in [5.41, 5.74) is 2.34. The molecule has 3 heteroatoms. The summed E-state index contributed by atoms with van der Waals surface area (Å²) in [4.78, 5) is 1.25. The van der Waals surface area contributed by atoms with Crippen LogP contribution in [-0.2, 0) is 12.4 Å². The third-order valence-corrected chi connectivity index (χ3v) is 3.91. The van der Waals surface area contributed by atoms with Crippen molar-refractivity contribution in [2.45, 2.75) is 17.3 Å². The average Bonchev–Trinajstić information content (AvgIpc) is 2.80. The summed E-state index contributed by atoms with van der Waals surface area (Å²) in [6.45, 7) is 0.121. The molecule has 1 heterocycles. The number of benzene rings is 1. The number of rotatable bonds is 4. The van der Waals surface area contributed by atoms with Crippen molar-refractivity contribution in [2.24, 2.45) is 0 Å². The Morgan fingerprint density at radius 3 is 2.47 bits per heavy atom. The van der Waals surface area contributed by atoms with E-state index in [2.05, 4.69) is 29.0 Å². The predicted molar refractivity (Wildman–Crippen MR) is 66.2 cm³/mol. The predicted octanol–water partition coefficient (Wildman–Crippen LogP) is 3.53. The lowest BCUT2D eigenvalue weighted by molar-refractivity contribution is 0.282. The average molecular weight is 236 g/mol. The number of thioether (sulfide) groups is 1. The van der Waals surface area contributed by atoms with Crippen LogP contribution < -0.4 is 0 Å². The molecule has 1 aromatic carbocycles. The van der Waals surface area contributed by atoms with Crippen LogP contribution >= 0.6 is 23.1 Å². The zero-order valence-corrected chi connectivity index (χ0v) is 9.85. The van der Waals surface area contributed by atoms with E-state index in [1.165, 1.54) is 10.5 Å². The summed E-state index contributed by atoms with van der Waals surface area (Å²) >= 11 is 3.56. The second-order valence-corrected chi connectivity index (χ2v) is 5.05. The fourth-order valence-corrected chi connectivity index (χ4v) is 2.85. The van der Waals surface area contributed by atoms with Gasteiger partial charge >= 0.3 is 0 Å². The highest BCUT2D eigenvalue weighted by atomic mass is 32.2. The highest BCUT2D eigenvalue weighted by Gasteiger charge is 1.97. The van der Waals surface area contributed by atoms with Crippen molar-refractivity contribution in [3.05, 3.63) is 52.2 Å². The third kappa shape index (κ3) is 3.09. The van der Waals surface area contributed by atoms with Crippen LogP contribution in [0.25, 0.3) is 0 Å². The Balaban J connectivity index is 1.93. The standard InChI is InChI=1S/C12H12OS2/c13-7-10-1-3-12(4-2-10)15-9-11-5-6-14-8-11/h1-6,8,13H,7,9H2. The largest absolute Gasteiger partial charge is 0.392 e. The molecule has 0 amide bonds. The molecule has 1 aromatic heterocycles. The molecule has 0 saturated carbocycles. The van der Waals surface area contributed by atoms with Crippen molar-refractivity contribution >= 4 is 23.1 Å². The first-order valence-corrected chi connectivity index (χ1v) is 6.65. The minimum Gasteiger partial charge on any atom is -0.392 e. The van der Waals surface area contributed by atoms with Gasteiger partial charge in [-0.1, -0.05) is 12.1 Å². The Morgan fingerprint density at radius 2 is 1.87 bits per heavy atom. The molecule has 78 valence electrons. The minimum absolute atomic E-state index is 0.121. The first-order chi connectivity index (χ1) is 7.38. The van der Waals surface area contributed by atoms with Crippen molar-refractivity contribution in [3.8, 4) is 0 Å². The maximum atomic E-state index is 8.90. The molecule has 0 atom stereocenters. The van der Waals surface area contributed by atoms with E-state index < -0.39 is 0 Å². The summed E-state index contributed by atoms with van der Waals surface area (Å²) in [6.07, 6.45) is 0. The molecule has 15 heavy (non-hydrogen) atoms. The molecule has 0 unspecified atom stereocenters. The SMILES string of the molecule is OCc1ccc(SCc2ccsc2)cc1. The van der Waals surface area contributed by atoms with E-state index in [0.717, 1.165) is 11.3 Å². The monoisotopic (exact) mass is 236 g/mol. The van der Waals surface area contributed by atoms with E-state index in [9.17, 15) is 0 Å². The lowest BCUT2D eigenvalue weighted by atomic mass is 10.2. The molecule has 1 N–H and O–H groups in total. The van der Waals surface area contributed by atoms with Crippen molar-refractivity contribution in [1.82, 2.24) is 0 Å². The van der Waals surface area contributed by atoms with Crippen LogP contribution in [0.4, 0.5) is 0 Å². The van der Waals surface area contributed by atoms with E-state index in [0.29, 0.717) is 0 Å². The maximum absolute atomic E-state index is 8.90. The minimum atomic E-state index is 0.121.